The molecule has 1 aliphatic rings. The van der Waals surface area contributed by atoms with E-state index in [2.05, 4.69) is 10.3 Å². The highest BCUT2D eigenvalue weighted by Gasteiger charge is 2.25. The highest BCUT2D eigenvalue weighted by Crippen LogP contribution is 2.37. The van der Waals surface area contributed by atoms with Crippen molar-refractivity contribution in [2.24, 2.45) is 0 Å². The first kappa shape index (κ1) is 14.5. The number of hydrogen-bond acceptors (Lipinski definition) is 5. The molecule has 3 rings (SSSR count). The highest BCUT2D eigenvalue weighted by molar-refractivity contribution is 6.33. The number of ether oxygens (including phenoxy) is 1. The summed E-state index contributed by atoms with van der Waals surface area (Å²) in [6.45, 7) is 0.357. The molecular formula is C14H11ClFN3O3. The maximum absolute atomic E-state index is 13.7. The van der Waals surface area contributed by atoms with E-state index in [-0.39, 0.29) is 22.5 Å². The van der Waals surface area contributed by atoms with Crippen molar-refractivity contribution in [2.75, 3.05) is 11.9 Å². The van der Waals surface area contributed by atoms with Crippen molar-refractivity contribution in [1.29, 1.82) is 0 Å². The molecule has 0 amide bonds. The second-order valence-corrected chi connectivity index (χ2v) is 5.18. The maximum Gasteiger partial charge on any atom is 0.289 e. The summed E-state index contributed by atoms with van der Waals surface area (Å²) >= 11 is 6.02. The minimum atomic E-state index is -0.568. The van der Waals surface area contributed by atoms with Crippen LogP contribution in [0.2, 0.25) is 5.02 Å². The van der Waals surface area contributed by atoms with Crippen LogP contribution in [-0.2, 0) is 0 Å². The molecular weight excluding hydrogens is 313 g/mol. The Morgan fingerprint density at radius 2 is 2.32 bits per heavy atom. The summed E-state index contributed by atoms with van der Waals surface area (Å²) in [6, 6.07) is 5.68. The van der Waals surface area contributed by atoms with E-state index in [0.29, 0.717) is 24.4 Å². The van der Waals surface area contributed by atoms with E-state index >= 15 is 0 Å². The van der Waals surface area contributed by atoms with Crippen LogP contribution in [0.1, 0.15) is 18.0 Å². The van der Waals surface area contributed by atoms with Crippen molar-refractivity contribution in [3.63, 3.8) is 0 Å². The molecule has 2 aromatic rings. The Kier molecular flexibility index (Phi) is 3.81. The van der Waals surface area contributed by atoms with Crippen molar-refractivity contribution >= 4 is 23.1 Å². The van der Waals surface area contributed by atoms with E-state index in [9.17, 15) is 14.5 Å². The average molecular weight is 324 g/mol. The van der Waals surface area contributed by atoms with Crippen molar-refractivity contribution in [1.82, 2.24) is 4.98 Å². The zero-order valence-electron chi connectivity index (χ0n) is 11.3. The van der Waals surface area contributed by atoms with Gasteiger partial charge in [-0.1, -0.05) is 23.7 Å². The molecule has 0 unspecified atom stereocenters. The number of nitrogens with zero attached hydrogens (tertiary/aromatic N) is 2. The van der Waals surface area contributed by atoms with E-state index in [4.69, 9.17) is 16.3 Å². The van der Waals surface area contributed by atoms with Crippen molar-refractivity contribution in [3.8, 4) is 5.75 Å². The Labute approximate surface area is 130 Å². The van der Waals surface area contributed by atoms with Gasteiger partial charge in [-0.15, -0.1) is 0 Å². The Morgan fingerprint density at radius 3 is 3.05 bits per heavy atom. The topological polar surface area (TPSA) is 77.3 Å². The van der Waals surface area contributed by atoms with Crippen molar-refractivity contribution in [3.05, 3.63) is 57.0 Å². The molecule has 0 saturated heterocycles. The molecule has 1 aliphatic heterocycles. The third-order valence-electron chi connectivity index (χ3n) is 3.37. The zero-order valence-corrected chi connectivity index (χ0v) is 12.0. The Balaban J connectivity index is 1.89. The number of rotatable bonds is 3. The fourth-order valence-electron chi connectivity index (χ4n) is 2.34. The monoisotopic (exact) mass is 323 g/mol. The molecule has 6 nitrogen and oxygen atoms in total. The fourth-order valence-corrected chi connectivity index (χ4v) is 2.55. The Hall–Kier alpha value is -2.41. The van der Waals surface area contributed by atoms with E-state index in [1.807, 2.05) is 0 Å². The standard InChI is InChI=1S/C14H11ClFN3O3/c15-10-6-8(19(20)21)7-17-14(10)18-12-4-5-22-13-9(12)2-1-3-11(13)16/h1-3,6-7,12H,4-5H2,(H,17,18)/t12-/m0/s1. The lowest BCUT2D eigenvalue weighted by Crippen LogP contribution is -2.21. The van der Waals surface area contributed by atoms with Crippen LogP contribution < -0.4 is 10.1 Å². The number of anilines is 1. The molecule has 1 N–H and O–H groups in total. The van der Waals surface area contributed by atoms with Crippen LogP contribution >= 0.6 is 11.6 Å². The van der Waals surface area contributed by atoms with E-state index in [1.54, 1.807) is 12.1 Å². The summed E-state index contributed by atoms with van der Waals surface area (Å²) in [5.41, 5.74) is 0.483. The van der Waals surface area contributed by atoms with E-state index in [0.717, 1.165) is 6.20 Å². The first-order chi connectivity index (χ1) is 10.6. The highest BCUT2D eigenvalue weighted by atomic mass is 35.5. The lowest BCUT2D eigenvalue weighted by Gasteiger charge is -2.27. The van der Waals surface area contributed by atoms with Gasteiger partial charge in [0.2, 0.25) is 0 Å². The van der Waals surface area contributed by atoms with Crippen LogP contribution in [0.25, 0.3) is 0 Å². The summed E-state index contributed by atoms with van der Waals surface area (Å²) in [5, 5.41) is 13.9. The van der Waals surface area contributed by atoms with Gasteiger partial charge in [-0.25, -0.2) is 9.37 Å². The predicted molar refractivity (Wildman–Crippen MR) is 78.8 cm³/mol. The summed E-state index contributed by atoms with van der Waals surface area (Å²) in [6.07, 6.45) is 1.73. The molecule has 0 saturated carbocycles. The molecule has 0 aliphatic carbocycles. The number of nitro groups is 1. The minimum Gasteiger partial charge on any atom is -0.490 e. The van der Waals surface area contributed by atoms with Crippen LogP contribution in [0.3, 0.4) is 0 Å². The van der Waals surface area contributed by atoms with Gasteiger partial charge in [0.25, 0.3) is 5.69 Å². The molecule has 0 fully saturated rings. The van der Waals surface area contributed by atoms with Gasteiger partial charge in [0.1, 0.15) is 12.0 Å². The number of para-hydroxylation sites is 1. The summed E-state index contributed by atoms with van der Waals surface area (Å²) in [5.74, 6) is 0.102. The van der Waals surface area contributed by atoms with Gasteiger partial charge in [0.15, 0.2) is 11.6 Å². The molecule has 1 aromatic carbocycles. The number of aromatic nitrogens is 1. The number of halogens is 2. The molecule has 1 aromatic heterocycles. The van der Waals surface area contributed by atoms with E-state index in [1.165, 1.54) is 12.1 Å². The Bertz CT molecular complexity index is 741. The second kappa shape index (κ2) is 5.76. The van der Waals surface area contributed by atoms with Crippen LogP contribution in [0.15, 0.2) is 30.5 Å². The van der Waals surface area contributed by atoms with Gasteiger partial charge in [-0.2, -0.15) is 0 Å². The third-order valence-corrected chi connectivity index (χ3v) is 3.66. The van der Waals surface area contributed by atoms with Gasteiger partial charge in [-0.05, 0) is 6.07 Å². The largest absolute Gasteiger partial charge is 0.490 e. The van der Waals surface area contributed by atoms with Crippen LogP contribution in [0, 0.1) is 15.9 Å². The molecule has 22 heavy (non-hydrogen) atoms. The maximum atomic E-state index is 13.7. The fraction of sp³-hybridized carbons (Fsp3) is 0.214. The van der Waals surface area contributed by atoms with Crippen LogP contribution in [-0.4, -0.2) is 16.5 Å². The molecule has 0 spiro atoms. The predicted octanol–water partition coefficient (Wildman–Crippen LogP) is 3.72. The SMILES string of the molecule is O=[N+]([O-])c1cnc(N[C@H]2CCOc3c(F)cccc32)c(Cl)c1. The van der Waals surface area contributed by atoms with Crippen LogP contribution in [0.4, 0.5) is 15.9 Å². The number of nitrogens with one attached hydrogen (secondary N) is 1. The lowest BCUT2D eigenvalue weighted by molar-refractivity contribution is -0.385. The molecule has 2 heterocycles. The normalized spacial score (nSPS) is 16.5. The van der Waals surface area contributed by atoms with Gasteiger partial charge in [-0.3, -0.25) is 10.1 Å². The summed E-state index contributed by atoms with van der Waals surface area (Å²) in [4.78, 5) is 14.1. The van der Waals surface area contributed by atoms with Gasteiger partial charge >= 0.3 is 0 Å². The molecule has 0 bridgehead atoms. The number of hydrogen-bond donors (Lipinski definition) is 1. The quantitative estimate of drug-likeness (QED) is 0.688. The number of benzene rings is 1. The summed E-state index contributed by atoms with van der Waals surface area (Å²) in [7, 11) is 0. The van der Waals surface area contributed by atoms with Gasteiger partial charge in [0.05, 0.1) is 22.6 Å². The van der Waals surface area contributed by atoms with Gasteiger partial charge in [0, 0.05) is 18.1 Å². The molecule has 8 heteroatoms. The smallest absolute Gasteiger partial charge is 0.289 e. The zero-order chi connectivity index (χ0) is 15.7. The molecule has 114 valence electrons. The summed E-state index contributed by atoms with van der Waals surface area (Å²) < 4.78 is 19.1. The van der Waals surface area contributed by atoms with Crippen LogP contribution in [0.5, 0.6) is 5.75 Å². The van der Waals surface area contributed by atoms with Crippen molar-refractivity contribution in [2.45, 2.75) is 12.5 Å². The third kappa shape index (κ3) is 2.67. The molecule has 1 atom stereocenters. The number of pyridine rings is 1. The Morgan fingerprint density at radius 1 is 1.50 bits per heavy atom. The lowest BCUT2D eigenvalue weighted by atomic mass is 10.0. The second-order valence-electron chi connectivity index (χ2n) is 4.77. The van der Waals surface area contributed by atoms with E-state index < -0.39 is 10.7 Å². The molecule has 0 radical (unpaired) electrons. The average Bonchev–Trinajstić information content (AvgIpc) is 2.50. The van der Waals surface area contributed by atoms with Crippen molar-refractivity contribution < 1.29 is 14.1 Å². The first-order valence-electron chi connectivity index (χ1n) is 6.54. The van der Waals surface area contributed by atoms with Gasteiger partial charge < -0.3 is 10.1 Å². The first-order valence-corrected chi connectivity index (χ1v) is 6.91. The minimum absolute atomic E-state index is 0.138. The number of fused-ring (bicyclic) bond motifs is 1.